The van der Waals surface area contributed by atoms with E-state index in [4.69, 9.17) is 10.8 Å². The molecule has 1 saturated carbocycles. The van der Waals surface area contributed by atoms with Crippen LogP contribution in [0.3, 0.4) is 0 Å². The molecule has 106 valence electrons. The van der Waals surface area contributed by atoms with Crippen LogP contribution in [0.15, 0.2) is 0 Å². The summed E-state index contributed by atoms with van der Waals surface area (Å²) >= 11 is 0. The monoisotopic (exact) mass is 256 g/mol. The summed E-state index contributed by atoms with van der Waals surface area (Å²) in [6.45, 7) is 8.21. The Morgan fingerprint density at radius 2 is 2.06 bits per heavy atom. The Morgan fingerprint density at radius 3 is 2.50 bits per heavy atom. The van der Waals surface area contributed by atoms with Crippen molar-refractivity contribution in [2.45, 2.75) is 64.5 Å². The van der Waals surface area contributed by atoms with Crippen molar-refractivity contribution >= 4 is 5.97 Å². The molecule has 0 radical (unpaired) electrons. The molecule has 1 rings (SSSR count). The van der Waals surface area contributed by atoms with Gasteiger partial charge in [-0.05, 0) is 58.0 Å². The summed E-state index contributed by atoms with van der Waals surface area (Å²) in [4.78, 5) is 13.4. The van der Waals surface area contributed by atoms with Crippen molar-refractivity contribution < 1.29 is 9.90 Å². The fourth-order valence-corrected chi connectivity index (χ4v) is 2.10. The molecule has 4 heteroatoms. The zero-order valence-corrected chi connectivity index (χ0v) is 12.0. The number of aliphatic carboxylic acids is 1. The number of carboxylic acid groups (broad SMARTS) is 1. The first-order chi connectivity index (χ1) is 8.33. The third-order valence-corrected chi connectivity index (χ3v) is 3.69. The second-order valence-electron chi connectivity index (χ2n) is 6.28. The smallest absolute Gasteiger partial charge is 0.323 e. The van der Waals surface area contributed by atoms with Gasteiger partial charge in [-0.25, -0.2) is 0 Å². The van der Waals surface area contributed by atoms with Crippen LogP contribution in [0, 0.1) is 5.92 Å². The van der Waals surface area contributed by atoms with Crippen molar-refractivity contribution in [3.8, 4) is 0 Å². The summed E-state index contributed by atoms with van der Waals surface area (Å²) in [6.07, 6.45) is 5.24. The first-order valence-electron chi connectivity index (χ1n) is 7.09. The first-order valence-corrected chi connectivity index (χ1v) is 7.09. The standard InChI is InChI=1S/C14H28N2O2/c1-11(2)7-10-16(12-5-6-12)9-4-8-14(3,15)13(17)18/h11-12H,4-10,15H2,1-3H3,(H,17,18). The number of hydrogen-bond donors (Lipinski definition) is 2. The molecule has 0 bridgehead atoms. The summed E-state index contributed by atoms with van der Waals surface area (Å²) in [5, 5.41) is 8.97. The number of nitrogens with zero attached hydrogens (tertiary/aromatic N) is 1. The lowest BCUT2D eigenvalue weighted by atomic mass is 9.97. The molecule has 1 aliphatic carbocycles. The van der Waals surface area contributed by atoms with Gasteiger partial charge >= 0.3 is 5.97 Å². The average Bonchev–Trinajstić information content (AvgIpc) is 3.06. The maximum atomic E-state index is 10.9. The molecule has 0 amide bonds. The number of carbonyl (C=O) groups is 1. The highest BCUT2D eigenvalue weighted by Gasteiger charge is 2.30. The average molecular weight is 256 g/mol. The Balaban J connectivity index is 2.27. The third kappa shape index (κ3) is 5.36. The highest BCUT2D eigenvalue weighted by Crippen LogP contribution is 2.28. The van der Waals surface area contributed by atoms with E-state index in [2.05, 4.69) is 18.7 Å². The summed E-state index contributed by atoms with van der Waals surface area (Å²) < 4.78 is 0. The number of rotatable bonds is 9. The van der Waals surface area contributed by atoms with Crippen molar-refractivity contribution in [2.24, 2.45) is 11.7 Å². The minimum atomic E-state index is -1.08. The van der Waals surface area contributed by atoms with Crippen molar-refractivity contribution in [3.63, 3.8) is 0 Å². The SMILES string of the molecule is CC(C)CCN(CCCC(C)(N)C(=O)O)C1CC1. The number of carboxylic acids is 1. The lowest BCUT2D eigenvalue weighted by molar-refractivity contribution is -0.142. The largest absolute Gasteiger partial charge is 0.480 e. The lowest BCUT2D eigenvalue weighted by Crippen LogP contribution is -2.45. The Hall–Kier alpha value is -0.610. The van der Waals surface area contributed by atoms with Crippen LogP contribution >= 0.6 is 0 Å². The predicted molar refractivity (Wildman–Crippen MR) is 73.5 cm³/mol. The van der Waals surface area contributed by atoms with Gasteiger partial charge in [-0.3, -0.25) is 4.79 Å². The minimum absolute atomic E-state index is 0.549. The van der Waals surface area contributed by atoms with Crippen LogP contribution < -0.4 is 5.73 Å². The molecule has 4 nitrogen and oxygen atoms in total. The van der Waals surface area contributed by atoms with Crippen molar-refractivity contribution in [1.82, 2.24) is 4.90 Å². The lowest BCUT2D eigenvalue weighted by Gasteiger charge is -2.25. The van der Waals surface area contributed by atoms with E-state index >= 15 is 0 Å². The molecular weight excluding hydrogens is 228 g/mol. The van der Waals surface area contributed by atoms with Gasteiger partial charge in [0.15, 0.2) is 0 Å². The van der Waals surface area contributed by atoms with Crippen LogP contribution in [0.1, 0.15) is 52.9 Å². The molecule has 18 heavy (non-hydrogen) atoms. The van der Waals surface area contributed by atoms with Gasteiger partial charge in [-0.2, -0.15) is 0 Å². The van der Waals surface area contributed by atoms with Gasteiger partial charge in [0.1, 0.15) is 5.54 Å². The molecule has 1 aliphatic rings. The molecule has 3 N–H and O–H groups in total. The van der Waals surface area contributed by atoms with Crippen molar-refractivity contribution in [2.75, 3.05) is 13.1 Å². The van der Waals surface area contributed by atoms with Crippen LogP contribution in [0.4, 0.5) is 0 Å². The molecule has 0 aromatic carbocycles. The minimum Gasteiger partial charge on any atom is -0.480 e. The Bertz CT molecular complexity index is 273. The maximum Gasteiger partial charge on any atom is 0.323 e. The second-order valence-corrected chi connectivity index (χ2v) is 6.28. The van der Waals surface area contributed by atoms with Crippen LogP contribution in [0.5, 0.6) is 0 Å². The highest BCUT2D eigenvalue weighted by molar-refractivity contribution is 5.77. The normalized spacial score (nSPS) is 19.2. The van der Waals surface area contributed by atoms with E-state index in [1.165, 1.54) is 19.3 Å². The number of nitrogens with two attached hydrogens (primary N) is 1. The van der Waals surface area contributed by atoms with E-state index in [1.54, 1.807) is 6.92 Å². The summed E-state index contributed by atoms with van der Waals surface area (Å²) in [6, 6.07) is 0.748. The highest BCUT2D eigenvalue weighted by atomic mass is 16.4. The fraction of sp³-hybridized carbons (Fsp3) is 0.929. The van der Waals surface area contributed by atoms with E-state index in [-0.39, 0.29) is 0 Å². The van der Waals surface area contributed by atoms with Crippen LogP contribution in [-0.2, 0) is 4.79 Å². The Kier molecular flexibility index (Phi) is 5.60. The van der Waals surface area contributed by atoms with Crippen LogP contribution in [0.2, 0.25) is 0 Å². The Labute approximate surface area is 111 Å². The van der Waals surface area contributed by atoms with E-state index in [9.17, 15) is 4.79 Å². The fourth-order valence-electron chi connectivity index (χ4n) is 2.10. The van der Waals surface area contributed by atoms with Gasteiger partial charge in [0.05, 0.1) is 0 Å². The summed E-state index contributed by atoms with van der Waals surface area (Å²) in [7, 11) is 0. The zero-order valence-electron chi connectivity index (χ0n) is 12.0. The Morgan fingerprint density at radius 1 is 1.44 bits per heavy atom. The van der Waals surface area contributed by atoms with Crippen molar-refractivity contribution in [3.05, 3.63) is 0 Å². The van der Waals surface area contributed by atoms with Gasteiger partial charge in [-0.15, -0.1) is 0 Å². The zero-order chi connectivity index (χ0) is 13.8. The van der Waals surface area contributed by atoms with E-state index in [1.807, 2.05) is 0 Å². The van der Waals surface area contributed by atoms with Crippen LogP contribution in [0.25, 0.3) is 0 Å². The summed E-state index contributed by atoms with van der Waals surface area (Å²) in [5.74, 6) is -0.173. The predicted octanol–water partition coefficient (Wildman–Crippen LogP) is 2.08. The first kappa shape index (κ1) is 15.4. The molecule has 0 spiro atoms. The van der Waals surface area contributed by atoms with E-state index in [0.29, 0.717) is 6.42 Å². The van der Waals surface area contributed by atoms with Gasteiger partial charge < -0.3 is 15.7 Å². The van der Waals surface area contributed by atoms with Gasteiger partial charge in [-0.1, -0.05) is 13.8 Å². The summed E-state index contributed by atoms with van der Waals surface area (Å²) in [5.41, 5.74) is 4.67. The number of hydrogen-bond acceptors (Lipinski definition) is 3. The van der Waals surface area contributed by atoms with Gasteiger partial charge in [0.25, 0.3) is 0 Å². The topological polar surface area (TPSA) is 66.6 Å². The molecule has 1 fully saturated rings. The molecule has 0 aliphatic heterocycles. The molecule has 0 aromatic rings. The molecule has 1 atom stereocenters. The second kappa shape index (κ2) is 6.53. The molecule has 0 saturated heterocycles. The van der Waals surface area contributed by atoms with Crippen LogP contribution in [-0.4, -0.2) is 40.6 Å². The molecule has 0 aromatic heterocycles. The van der Waals surface area contributed by atoms with E-state index in [0.717, 1.165) is 31.5 Å². The van der Waals surface area contributed by atoms with Gasteiger partial charge in [0.2, 0.25) is 0 Å². The van der Waals surface area contributed by atoms with Crippen molar-refractivity contribution in [1.29, 1.82) is 0 Å². The quantitative estimate of drug-likeness (QED) is 0.663. The van der Waals surface area contributed by atoms with E-state index < -0.39 is 11.5 Å². The molecule has 0 heterocycles. The third-order valence-electron chi connectivity index (χ3n) is 3.69. The molecular formula is C14H28N2O2. The van der Waals surface area contributed by atoms with Gasteiger partial charge in [0, 0.05) is 6.04 Å². The molecule has 1 unspecified atom stereocenters. The maximum absolute atomic E-state index is 10.9.